The number of fused-ring (bicyclic) bond motifs is 2. The van der Waals surface area contributed by atoms with Crippen LogP contribution in [-0.4, -0.2) is 16.1 Å². The summed E-state index contributed by atoms with van der Waals surface area (Å²) in [6.45, 7) is 1.69. The summed E-state index contributed by atoms with van der Waals surface area (Å²) < 4.78 is 0. The number of aryl methyl sites for hydroxylation is 1. The van der Waals surface area contributed by atoms with Crippen LogP contribution in [0.15, 0.2) is 41.2 Å². The van der Waals surface area contributed by atoms with E-state index in [0.29, 0.717) is 27.4 Å². The first kappa shape index (κ1) is 11.5. The maximum absolute atomic E-state index is 12.4. The molecule has 2 aromatic carbocycles. The summed E-state index contributed by atoms with van der Waals surface area (Å²) in [7, 11) is 0. The largest absolute Gasteiger partial charge is 0.478 e. The number of aromatic nitrogens is 1. The van der Waals surface area contributed by atoms with Gasteiger partial charge in [-0.2, -0.15) is 0 Å². The van der Waals surface area contributed by atoms with Gasteiger partial charge in [0.2, 0.25) is 0 Å². The zero-order valence-corrected chi connectivity index (χ0v) is 10.2. The molecule has 0 bridgehead atoms. The molecule has 0 atom stereocenters. The van der Waals surface area contributed by atoms with Gasteiger partial charge in [0.1, 0.15) is 0 Å². The van der Waals surface area contributed by atoms with Gasteiger partial charge in [-0.1, -0.05) is 12.1 Å². The number of rotatable bonds is 1. The third kappa shape index (κ3) is 1.69. The molecular weight excluding hydrogens is 242 g/mol. The van der Waals surface area contributed by atoms with Crippen molar-refractivity contribution in [3.05, 3.63) is 57.7 Å². The number of carbonyl (C=O) groups is 1. The highest BCUT2D eigenvalue weighted by atomic mass is 16.4. The van der Waals surface area contributed by atoms with Gasteiger partial charge in [0.25, 0.3) is 0 Å². The molecule has 2 N–H and O–H groups in total. The van der Waals surface area contributed by atoms with Gasteiger partial charge in [-0.15, -0.1) is 0 Å². The normalized spacial score (nSPS) is 11.0. The highest BCUT2D eigenvalue weighted by molar-refractivity contribution is 5.98. The third-order valence-corrected chi connectivity index (χ3v) is 3.28. The predicted molar refractivity (Wildman–Crippen MR) is 73.8 cm³/mol. The van der Waals surface area contributed by atoms with Crippen molar-refractivity contribution < 1.29 is 9.90 Å². The van der Waals surface area contributed by atoms with E-state index in [9.17, 15) is 9.59 Å². The van der Waals surface area contributed by atoms with Gasteiger partial charge in [-0.3, -0.25) is 4.79 Å². The number of carboxylic acid groups (broad SMARTS) is 1. The number of aromatic amines is 1. The van der Waals surface area contributed by atoms with Crippen LogP contribution in [0, 0.1) is 6.92 Å². The van der Waals surface area contributed by atoms with Gasteiger partial charge in [-0.05, 0) is 36.8 Å². The molecule has 0 aliphatic rings. The molecule has 0 aliphatic carbocycles. The van der Waals surface area contributed by atoms with E-state index in [1.807, 2.05) is 12.1 Å². The Hall–Kier alpha value is -2.62. The predicted octanol–water partition coefficient (Wildman–Crippen LogP) is 2.69. The van der Waals surface area contributed by atoms with Gasteiger partial charge < -0.3 is 10.1 Å². The van der Waals surface area contributed by atoms with Crippen molar-refractivity contribution in [1.82, 2.24) is 4.98 Å². The summed E-state index contributed by atoms with van der Waals surface area (Å²) in [5.74, 6) is -0.992. The molecule has 94 valence electrons. The maximum atomic E-state index is 12.4. The summed E-state index contributed by atoms with van der Waals surface area (Å²) in [4.78, 5) is 26.6. The van der Waals surface area contributed by atoms with Crippen LogP contribution in [0.25, 0.3) is 21.8 Å². The molecule has 0 spiro atoms. The van der Waals surface area contributed by atoms with Crippen LogP contribution in [0.5, 0.6) is 0 Å². The summed E-state index contributed by atoms with van der Waals surface area (Å²) in [6.07, 6.45) is 0. The molecule has 19 heavy (non-hydrogen) atoms. The Morgan fingerprint density at radius 1 is 1.11 bits per heavy atom. The fourth-order valence-electron chi connectivity index (χ4n) is 2.31. The number of nitrogens with one attached hydrogen (secondary N) is 1. The standard InChI is InChI=1S/C15H11NO3/c1-8-6-11-13(7-10(8)15(18)19)16-12-5-3-2-4-9(12)14(11)17/h2-7H,1H3,(H,16,17)(H,18,19). The van der Waals surface area contributed by atoms with Gasteiger partial charge in [0, 0.05) is 16.3 Å². The van der Waals surface area contributed by atoms with E-state index >= 15 is 0 Å². The first-order valence-electron chi connectivity index (χ1n) is 5.86. The average Bonchev–Trinajstić information content (AvgIpc) is 2.39. The van der Waals surface area contributed by atoms with Crippen LogP contribution >= 0.6 is 0 Å². The van der Waals surface area contributed by atoms with Crippen LogP contribution in [0.1, 0.15) is 15.9 Å². The van der Waals surface area contributed by atoms with Crippen LogP contribution < -0.4 is 5.43 Å². The third-order valence-electron chi connectivity index (χ3n) is 3.28. The number of hydrogen-bond donors (Lipinski definition) is 2. The minimum atomic E-state index is -0.992. The minimum absolute atomic E-state index is 0.0793. The molecule has 0 saturated heterocycles. The van der Waals surface area contributed by atoms with Crippen molar-refractivity contribution in [3.63, 3.8) is 0 Å². The lowest BCUT2D eigenvalue weighted by atomic mass is 10.0. The van der Waals surface area contributed by atoms with Crippen LogP contribution in [-0.2, 0) is 0 Å². The highest BCUT2D eigenvalue weighted by Crippen LogP contribution is 2.19. The molecule has 0 radical (unpaired) electrons. The van der Waals surface area contributed by atoms with Crippen LogP contribution in [0.4, 0.5) is 0 Å². The number of aromatic carboxylic acids is 1. The Kier molecular flexibility index (Phi) is 2.38. The molecule has 0 unspecified atom stereocenters. The summed E-state index contributed by atoms with van der Waals surface area (Å²) in [6, 6.07) is 10.3. The molecule has 0 aliphatic heterocycles. The zero-order valence-electron chi connectivity index (χ0n) is 10.2. The molecule has 1 aromatic heterocycles. The van der Waals surface area contributed by atoms with Gasteiger partial charge in [0.15, 0.2) is 5.43 Å². The van der Waals surface area contributed by atoms with Crippen molar-refractivity contribution in [1.29, 1.82) is 0 Å². The second-order valence-corrected chi connectivity index (χ2v) is 4.52. The average molecular weight is 253 g/mol. The van der Waals surface area contributed by atoms with E-state index in [0.717, 1.165) is 0 Å². The Bertz CT molecular complexity index is 878. The highest BCUT2D eigenvalue weighted by Gasteiger charge is 2.11. The quantitative estimate of drug-likeness (QED) is 0.655. The monoisotopic (exact) mass is 253 g/mol. The molecule has 0 amide bonds. The first-order chi connectivity index (χ1) is 9.08. The van der Waals surface area contributed by atoms with Gasteiger partial charge in [0.05, 0.1) is 11.1 Å². The van der Waals surface area contributed by atoms with E-state index in [1.165, 1.54) is 6.07 Å². The number of benzene rings is 2. The minimum Gasteiger partial charge on any atom is -0.478 e. The number of carboxylic acids is 1. The van der Waals surface area contributed by atoms with E-state index < -0.39 is 5.97 Å². The number of H-pyrrole nitrogens is 1. The van der Waals surface area contributed by atoms with Crippen LogP contribution in [0.2, 0.25) is 0 Å². The second-order valence-electron chi connectivity index (χ2n) is 4.52. The molecule has 4 heteroatoms. The molecule has 0 fully saturated rings. The second kappa shape index (κ2) is 3.95. The van der Waals surface area contributed by atoms with Gasteiger partial charge in [-0.25, -0.2) is 4.79 Å². The number of para-hydroxylation sites is 1. The summed E-state index contributed by atoms with van der Waals surface area (Å²) in [5, 5.41) is 10.2. The molecular formula is C15H11NO3. The SMILES string of the molecule is Cc1cc2c(=O)c3ccccc3[nH]c2cc1C(=O)O. The lowest BCUT2D eigenvalue weighted by molar-refractivity contribution is 0.0696. The van der Waals surface area contributed by atoms with Crippen molar-refractivity contribution >= 4 is 27.8 Å². The fourth-order valence-corrected chi connectivity index (χ4v) is 2.31. The lowest BCUT2D eigenvalue weighted by Gasteiger charge is -2.06. The molecule has 0 saturated carbocycles. The first-order valence-corrected chi connectivity index (χ1v) is 5.86. The van der Waals surface area contributed by atoms with Crippen LogP contribution in [0.3, 0.4) is 0 Å². The van der Waals surface area contributed by atoms with Crippen molar-refractivity contribution in [2.24, 2.45) is 0 Å². The maximum Gasteiger partial charge on any atom is 0.336 e. The Morgan fingerprint density at radius 2 is 1.84 bits per heavy atom. The van der Waals surface area contributed by atoms with E-state index in [-0.39, 0.29) is 11.0 Å². The summed E-state index contributed by atoms with van der Waals surface area (Å²) >= 11 is 0. The molecule has 1 heterocycles. The Morgan fingerprint density at radius 3 is 2.58 bits per heavy atom. The Balaban J connectivity index is 2.52. The van der Waals surface area contributed by atoms with Crippen molar-refractivity contribution in [3.8, 4) is 0 Å². The van der Waals surface area contributed by atoms with Gasteiger partial charge >= 0.3 is 5.97 Å². The van der Waals surface area contributed by atoms with E-state index in [1.54, 1.807) is 25.1 Å². The van der Waals surface area contributed by atoms with E-state index in [4.69, 9.17) is 5.11 Å². The molecule has 3 aromatic rings. The molecule has 4 nitrogen and oxygen atoms in total. The van der Waals surface area contributed by atoms with Crippen molar-refractivity contribution in [2.45, 2.75) is 6.92 Å². The number of hydrogen-bond acceptors (Lipinski definition) is 2. The number of pyridine rings is 1. The zero-order chi connectivity index (χ0) is 13.6. The van der Waals surface area contributed by atoms with Crippen molar-refractivity contribution in [2.75, 3.05) is 0 Å². The topological polar surface area (TPSA) is 70.2 Å². The smallest absolute Gasteiger partial charge is 0.336 e. The lowest BCUT2D eigenvalue weighted by Crippen LogP contribution is -2.07. The summed E-state index contributed by atoms with van der Waals surface area (Å²) in [5.41, 5.74) is 1.97. The Labute approximate surface area is 108 Å². The molecule has 3 rings (SSSR count). The fraction of sp³-hybridized carbons (Fsp3) is 0.0667. The van der Waals surface area contributed by atoms with E-state index in [2.05, 4.69) is 4.98 Å².